The number of amides is 2. The first-order valence-electron chi connectivity index (χ1n) is 10.4. The molecule has 9 heteroatoms. The summed E-state index contributed by atoms with van der Waals surface area (Å²) in [6.45, 7) is 8.59. The van der Waals surface area contributed by atoms with Crippen molar-refractivity contribution in [3.8, 4) is 0 Å². The van der Waals surface area contributed by atoms with Crippen LogP contribution in [0.3, 0.4) is 0 Å². The summed E-state index contributed by atoms with van der Waals surface area (Å²) in [5.74, 6) is -0.461. The third-order valence-electron chi connectivity index (χ3n) is 5.34. The molecule has 1 aliphatic heterocycles. The van der Waals surface area contributed by atoms with Crippen LogP contribution in [0.1, 0.15) is 36.3 Å². The Morgan fingerprint density at radius 1 is 1.13 bits per heavy atom. The molecule has 1 aromatic carbocycles. The van der Waals surface area contributed by atoms with Crippen molar-refractivity contribution in [3.05, 3.63) is 47.5 Å². The molecule has 1 fully saturated rings. The van der Waals surface area contributed by atoms with Gasteiger partial charge >= 0.3 is 0 Å². The molecule has 0 N–H and O–H groups in total. The molecule has 0 saturated carbocycles. The van der Waals surface area contributed by atoms with Crippen molar-refractivity contribution >= 4 is 11.8 Å². The lowest BCUT2D eigenvalue weighted by Gasteiger charge is -2.21. The second-order valence-electron chi connectivity index (χ2n) is 7.42. The summed E-state index contributed by atoms with van der Waals surface area (Å²) in [7, 11) is 0. The second-order valence-corrected chi connectivity index (χ2v) is 7.42. The largest absolute Gasteiger partial charge is 0.342 e. The molecule has 1 aromatic heterocycles. The van der Waals surface area contributed by atoms with E-state index in [2.05, 4.69) is 15.2 Å². The maximum absolute atomic E-state index is 13.4. The van der Waals surface area contributed by atoms with Gasteiger partial charge in [-0.25, -0.2) is 9.07 Å². The molecule has 0 aliphatic carbocycles. The number of benzene rings is 1. The van der Waals surface area contributed by atoms with Gasteiger partial charge in [0.15, 0.2) is 5.69 Å². The highest BCUT2D eigenvalue weighted by Gasteiger charge is 2.23. The van der Waals surface area contributed by atoms with Gasteiger partial charge in [-0.05, 0) is 38.0 Å². The molecule has 0 unspecified atom stereocenters. The molecule has 0 radical (unpaired) electrons. The van der Waals surface area contributed by atoms with Crippen molar-refractivity contribution in [1.82, 2.24) is 29.7 Å². The molecule has 0 bridgehead atoms. The zero-order valence-electron chi connectivity index (χ0n) is 17.6. The number of carbonyl (C=O) groups excluding carboxylic acids is 2. The van der Waals surface area contributed by atoms with E-state index in [1.807, 2.05) is 19.9 Å². The lowest BCUT2D eigenvalue weighted by atomic mass is 10.2. The smallest absolute Gasteiger partial charge is 0.276 e. The zero-order chi connectivity index (χ0) is 21.5. The third-order valence-corrected chi connectivity index (χ3v) is 5.34. The van der Waals surface area contributed by atoms with E-state index in [0.29, 0.717) is 39.3 Å². The molecule has 0 spiro atoms. The van der Waals surface area contributed by atoms with Crippen LogP contribution in [0.2, 0.25) is 0 Å². The number of nitrogens with zero attached hydrogens (tertiary/aromatic N) is 6. The highest BCUT2D eigenvalue weighted by molar-refractivity contribution is 5.92. The summed E-state index contributed by atoms with van der Waals surface area (Å²) in [5.41, 5.74) is 1.18. The van der Waals surface area contributed by atoms with Gasteiger partial charge in [0, 0.05) is 45.8 Å². The van der Waals surface area contributed by atoms with E-state index in [9.17, 15) is 14.0 Å². The summed E-state index contributed by atoms with van der Waals surface area (Å²) >= 11 is 0. The van der Waals surface area contributed by atoms with Crippen LogP contribution in [0.4, 0.5) is 4.39 Å². The SMILES string of the molecule is CCN(CC)C(=O)Cn1cc(C(=O)N2CCCN(Cc3cccc(F)c3)CC2)nn1. The average molecular weight is 417 g/mol. The van der Waals surface area contributed by atoms with E-state index < -0.39 is 0 Å². The Balaban J connectivity index is 1.56. The van der Waals surface area contributed by atoms with Crippen molar-refractivity contribution in [1.29, 1.82) is 0 Å². The molecule has 162 valence electrons. The van der Waals surface area contributed by atoms with Gasteiger partial charge in [0.1, 0.15) is 12.4 Å². The number of rotatable bonds is 7. The van der Waals surface area contributed by atoms with Crippen LogP contribution in [0.15, 0.2) is 30.5 Å². The molecule has 3 rings (SSSR count). The van der Waals surface area contributed by atoms with Crippen LogP contribution in [-0.2, 0) is 17.9 Å². The number of carbonyl (C=O) groups is 2. The standard InChI is InChI=1S/C21H29FN6O2/c1-3-26(4-2)20(29)16-28-15-19(23-24-28)21(30)27-10-6-9-25(11-12-27)14-17-7-5-8-18(22)13-17/h5,7-8,13,15H,3-4,6,9-12,14,16H2,1-2H3. The maximum atomic E-state index is 13.4. The fourth-order valence-electron chi connectivity index (χ4n) is 3.68. The van der Waals surface area contributed by atoms with Crippen molar-refractivity contribution in [2.24, 2.45) is 0 Å². The van der Waals surface area contributed by atoms with Gasteiger partial charge < -0.3 is 9.80 Å². The van der Waals surface area contributed by atoms with Gasteiger partial charge in [-0.1, -0.05) is 17.3 Å². The highest BCUT2D eigenvalue weighted by atomic mass is 19.1. The number of aromatic nitrogens is 3. The Labute approximate surface area is 176 Å². The Kier molecular flexibility index (Phi) is 7.51. The van der Waals surface area contributed by atoms with Crippen molar-refractivity contribution in [3.63, 3.8) is 0 Å². The Bertz CT molecular complexity index is 867. The first-order chi connectivity index (χ1) is 14.5. The molecule has 8 nitrogen and oxygen atoms in total. The molecule has 2 aromatic rings. The van der Waals surface area contributed by atoms with Crippen LogP contribution in [-0.4, -0.2) is 80.8 Å². The summed E-state index contributed by atoms with van der Waals surface area (Å²) in [6.07, 6.45) is 2.37. The Hall–Kier alpha value is -2.81. The fraction of sp³-hybridized carbons (Fsp3) is 0.524. The lowest BCUT2D eigenvalue weighted by molar-refractivity contribution is -0.131. The average Bonchev–Trinajstić information content (AvgIpc) is 3.06. The van der Waals surface area contributed by atoms with Crippen LogP contribution in [0, 0.1) is 5.82 Å². The van der Waals surface area contributed by atoms with E-state index >= 15 is 0 Å². The second kappa shape index (κ2) is 10.3. The van der Waals surface area contributed by atoms with E-state index in [1.54, 1.807) is 28.1 Å². The van der Waals surface area contributed by atoms with Crippen LogP contribution >= 0.6 is 0 Å². The number of halogens is 1. The molecular weight excluding hydrogens is 387 g/mol. The minimum absolute atomic E-state index is 0.0494. The normalized spacial score (nSPS) is 15.1. The molecule has 1 aliphatic rings. The van der Waals surface area contributed by atoms with Gasteiger partial charge in [0.05, 0.1) is 6.20 Å². The van der Waals surface area contributed by atoms with Crippen LogP contribution < -0.4 is 0 Å². The molecule has 0 atom stereocenters. The Morgan fingerprint density at radius 2 is 1.93 bits per heavy atom. The van der Waals surface area contributed by atoms with E-state index in [0.717, 1.165) is 18.5 Å². The quantitative estimate of drug-likeness (QED) is 0.686. The predicted octanol–water partition coefficient (Wildman–Crippen LogP) is 1.63. The third kappa shape index (κ3) is 5.63. The summed E-state index contributed by atoms with van der Waals surface area (Å²) in [6, 6.07) is 6.61. The van der Waals surface area contributed by atoms with Crippen molar-refractivity contribution in [2.45, 2.75) is 33.4 Å². The van der Waals surface area contributed by atoms with Crippen LogP contribution in [0.25, 0.3) is 0 Å². The number of hydrogen-bond donors (Lipinski definition) is 0. The number of likely N-dealkylation sites (N-methyl/N-ethyl adjacent to an activating group) is 1. The highest BCUT2D eigenvalue weighted by Crippen LogP contribution is 2.12. The molecule has 1 saturated heterocycles. The predicted molar refractivity (Wildman–Crippen MR) is 110 cm³/mol. The number of hydrogen-bond acceptors (Lipinski definition) is 5. The fourth-order valence-corrected chi connectivity index (χ4v) is 3.68. The van der Waals surface area contributed by atoms with Gasteiger partial charge in [-0.3, -0.25) is 14.5 Å². The van der Waals surface area contributed by atoms with Crippen molar-refractivity contribution < 1.29 is 14.0 Å². The minimum Gasteiger partial charge on any atom is -0.342 e. The first-order valence-corrected chi connectivity index (χ1v) is 10.4. The monoisotopic (exact) mass is 416 g/mol. The van der Waals surface area contributed by atoms with E-state index in [4.69, 9.17) is 0 Å². The van der Waals surface area contributed by atoms with E-state index in [1.165, 1.54) is 10.7 Å². The molecule has 2 amide bonds. The van der Waals surface area contributed by atoms with Gasteiger partial charge in [-0.15, -0.1) is 5.10 Å². The molecule has 2 heterocycles. The topological polar surface area (TPSA) is 74.6 Å². The van der Waals surface area contributed by atoms with Crippen LogP contribution in [0.5, 0.6) is 0 Å². The summed E-state index contributed by atoms with van der Waals surface area (Å²) in [5, 5.41) is 7.93. The minimum atomic E-state index is -0.235. The molecule has 30 heavy (non-hydrogen) atoms. The zero-order valence-corrected chi connectivity index (χ0v) is 17.6. The first kappa shape index (κ1) is 21.9. The van der Waals surface area contributed by atoms with E-state index in [-0.39, 0.29) is 29.9 Å². The van der Waals surface area contributed by atoms with Gasteiger partial charge in [0.25, 0.3) is 5.91 Å². The van der Waals surface area contributed by atoms with Gasteiger partial charge in [-0.2, -0.15) is 0 Å². The Morgan fingerprint density at radius 3 is 2.67 bits per heavy atom. The van der Waals surface area contributed by atoms with Crippen molar-refractivity contribution in [2.75, 3.05) is 39.3 Å². The van der Waals surface area contributed by atoms with Gasteiger partial charge in [0.2, 0.25) is 5.91 Å². The maximum Gasteiger partial charge on any atom is 0.276 e. The molecular formula is C21H29FN6O2. The summed E-state index contributed by atoms with van der Waals surface area (Å²) < 4.78 is 14.8. The lowest BCUT2D eigenvalue weighted by Crippen LogP contribution is -2.35. The summed E-state index contributed by atoms with van der Waals surface area (Å²) in [4.78, 5) is 30.8.